The van der Waals surface area contributed by atoms with Gasteiger partial charge in [0.1, 0.15) is 29.3 Å². The van der Waals surface area contributed by atoms with E-state index < -0.39 is 17.2 Å². The fraction of sp³-hybridized carbons (Fsp3) is 0.469. The van der Waals surface area contributed by atoms with E-state index in [-0.39, 0.29) is 30.6 Å². The number of nitrogens with zero attached hydrogens (tertiary/aromatic N) is 2. The Labute approximate surface area is 237 Å². The molecule has 0 bridgehead atoms. The molecule has 3 aromatic rings. The zero-order chi connectivity index (χ0) is 29.5. The van der Waals surface area contributed by atoms with Crippen LogP contribution in [0.15, 0.2) is 48.5 Å². The highest BCUT2D eigenvalue weighted by Crippen LogP contribution is 2.29. The van der Waals surface area contributed by atoms with Crippen LogP contribution >= 0.6 is 0 Å². The first kappa shape index (κ1) is 31.0. The van der Waals surface area contributed by atoms with Gasteiger partial charge in [0, 0.05) is 13.2 Å². The molecule has 0 aliphatic carbocycles. The minimum absolute atomic E-state index is 0.194. The lowest BCUT2D eigenvalue weighted by Gasteiger charge is -2.20. The summed E-state index contributed by atoms with van der Waals surface area (Å²) in [6, 6.07) is 15.1. The van der Waals surface area contributed by atoms with Gasteiger partial charge in [0.25, 0.3) is 0 Å². The molecule has 8 heteroatoms. The van der Waals surface area contributed by atoms with Crippen LogP contribution in [-0.2, 0) is 33.0 Å². The molecule has 0 amide bonds. The number of esters is 2. The molecule has 1 heterocycles. The molecule has 0 unspecified atom stereocenters. The summed E-state index contributed by atoms with van der Waals surface area (Å²) >= 11 is 0. The van der Waals surface area contributed by atoms with E-state index in [1.807, 2.05) is 77.1 Å². The van der Waals surface area contributed by atoms with E-state index in [9.17, 15) is 14.7 Å². The number of aliphatic hydroxyl groups is 1. The molecule has 0 spiro atoms. The Morgan fingerprint density at radius 1 is 0.900 bits per heavy atom. The van der Waals surface area contributed by atoms with Crippen LogP contribution in [0, 0.1) is 0 Å². The Morgan fingerprint density at radius 2 is 1.55 bits per heavy atom. The van der Waals surface area contributed by atoms with E-state index in [0.29, 0.717) is 31.0 Å². The summed E-state index contributed by atoms with van der Waals surface area (Å²) in [4.78, 5) is 30.7. The first-order valence-electron chi connectivity index (χ1n) is 13.8. The highest BCUT2D eigenvalue weighted by atomic mass is 16.6. The van der Waals surface area contributed by atoms with Crippen LogP contribution < -0.4 is 0 Å². The van der Waals surface area contributed by atoms with Gasteiger partial charge in [-0.15, -0.1) is 0 Å². The van der Waals surface area contributed by atoms with Gasteiger partial charge in [0.05, 0.1) is 12.2 Å². The maximum absolute atomic E-state index is 13.2. The van der Waals surface area contributed by atoms with Gasteiger partial charge in [0.15, 0.2) is 5.69 Å². The third kappa shape index (κ3) is 8.02. The molecular weight excluding hydrogens is 508 g/mol. The third-order valence-corrected chi connectivity index (χ3v) is 5.99. The van der Waals surface area contributed by atoms with Crippen molar-refractivity contribution in [2.45, 2.75) is 85.7 Å². The molecule has 1 N–H and O–H groups in total. The maximum atomic E-state index is 13.2. The summed E-state index contributed by atoms with van der Waals surface area (Å²) in [5.74, 6) is -0.374. The Kier molecular flexibility index (Phi) is 10.3. The first-order valence-corrected chi connectivity index (χ1v) is 13.8. The van der Waals surface area contributed by atoms with Crippen LogP contribution in [0.2, 0.25) is 0 Å². The minimum Gasteiger partial charge on any atom is -0.461 e. The van der Waals surface area contributed by atoms with E-state index in [1.54, 1.807) is 24.5 Å². The van der Waals surface area contributed by atoms with Crippen LogP contribution in [0.25, 0.3) is 11.1 Å². The molecule has 2 aromatic carbocycles. The number of carbonyl (C=O) groups excluding carboxylic acids is 2. The Morgan fingerprint density at radius 3 is 2.15 bits per heavy atom. The average molecular weight is 551 g/mol. The van der Waals surface area contributed by atoms with Gasteiger partial charge in [-0.1, -0.05) is 56.3 Å². The number of rotatable bonds is 12. The second kappa shape index (κ2) is 13.2. The Balaban J connectivity index is 2.00. The van der Waals surface area contributed by atoms with Crippen LogP contribution in [0.1, 0.15) is 99.2 Å². The van der Waals surface area contributed by atoms with Crippen molar-refractivity contribution >= 4 is 11.9 Å². The normalized spacial score (nSPS) is 11.9. The standard InChI is InChI=1S/C32H42N2O6/c1-8-18-38-21-26-33-28(32(6,7)37)27(30(36)39-19-9-2)34(26)20-22-14-16-23(17-15-22)24-12-10-11-13-25(24)29(35)40-31(3,4)5/h10-17,37H,8-9,18-21H2,1-7H3. The smallest absolute Gasteiger partial charge is 0.357 e. The molecule has 40 heavy (non-hydrogen) atoms. The number of hydrogen-bond donors (Lipinski definition) is 1. The monoisotopic (exact) mass is 550 g/mol. The van der Waals surface area contributed by atoms with E-state index in [1.165, 1.54) is 0 Å². The average Bonchev–Trinajstić information content (AvgIpc) is 3.25. The number of aromatic nitrogens is 2. The van der Waals surface area contributed by atoms with E-state index >= 15 is 0 Å². The third-order valence-electron chi connectivity index (χ3n) is 5.99. The molecule has 3 rings (SSSR count). The van der Waals surface area contributed by atoms with Crippen molar-refractivity contribution in [3.8, 4) is 11.1 Å². The van der Waals surface area contributed by atoms with Gasteiger partial charge in [-0.2, -0.15) is 0 Å². The van der Waals surface area contributed by atoms with Gasteiger partial charge in [-0.3, -0.25) is 0 Å². The van der Waals surface area contributed by atoms with Crippen LogP contribution in [0.5, 0.6) is 0 Å². The molecule has 0 saturated heterocycles. The second-order valence-electron chi connectivity index (χ2n) is 11.3. The lowest BCUT2D eigenvalue weighted by atomic mass is 9.98. The molecule has 0 saturated carbocycles. The second-order valence-corrected chi connectivity index (χ2v) is 11.3. The van der Waals surface area contributed by atoms with Crippen molar-refractivity contribution in [3.63, 3.8) is 0 Å². The molecule has 0 fully saturated rings. The Bertz CT molecular complexity index is 1300. The van der Waals surface area contributed by atoms with Gasteiger partial charge < -0.3 is 23.9 Å². The van der Waals surface area contributed by atoms with Gasteiger partial charge in [-0.05, 0) is 70.2 Å². The Hall–Kier alpha value is -3.49. The topological polar surface area (TPSA) is 99.9 Å². The van der Waals surface area contributed by atoms with E-state index in [4.69, 9.17) is 14.2 Å². The SMILES string of the molecule is CCCOCc1nc(C(C)(C)O)c(C(=O)OCCC)n1Cc1ccc(-c2ccccc2C(=O)OC(C)(C)C)cc1. The lowest BCUT2D eigenvalue weighted by molar-refractivity contribution is 0.00701. The molecule has 0 radical (unpaired) electrons. The number of ether oxygens (including phenoxy) is 3. The summed E-state index contributed by atoms with van der Waals surface area (Å²) in [5.41, 5.74) is 1.54. The van der Waals surface area contributed by atoms with Crippen LogP contribution in [0.3, 0.4) is 0 Å². The number of benzene rings is 2. The summed E-state index contributed by atoms with van der Waals surface area (Å²) in [5, 5.41) is 10.9. The van der Waals surface area contributed by atoms with Crippen molar-refractivity contribution < 1.29 is 28.9 Å². The van der Waals surface area contributed by atoms with Crippen LogP contribution in [0.4, 0.5) is 0 Å². The molecule has 0 atom stereocenters. The first-order chi connectivity index (χ1) is 18.9. The fourth-order valence-corrected chi connectivity index (χ4v) is 4.20. The maximum Gasteiger partial charge on any atom is 0.357 e. The zero-order valence-electron chi connectivity index (χ0n) is 24.7. The summed E-state index contributed by atoms with van der Waals surface area (Å²) in [7, 11) is 0. The highest BCUT2D eigenvalue weighted by molar-refractivity contribution is 5.97. The molecule has 1 aromatic heterocycles. The van der Waals surface area contributed by atoms with Crippen LogP contribution in [-0.4, -0.2) is 45.4 Å². The molecule has 216 valence electrons. The van der Waals surface area contributed by atoms with Crippen molar-refractivity contribution in [1.82, 2.24) is 9.55 Å². The fourth-order valence-electron chi connectivity index (χ4n) is 4.20. The summed E-state index contributed by atoms with van der Waals surface area (Å²) in [6.07, 6.45) is 1.52. The number of imidazole rings is 1. The zero-order valence-corrected chi connectivity index (χ0v) is 24.7. The predicted molar refractivity (Wildman–Crippen MR) is 154 cm³/mol. The predicted octanol–water partition coefficient (Wildman–Crippen LogP) is 6.27. The summed E-state index contributed by atoms with van der Waals surface area (Å²) in [6.45, 7) is 14.0. The summed E-state index contributed by atoms with van der Waals surface area (Å²) < 4.78 is 18.6. The van der Waals surface area contributed by atoms with E-state index in [2.05, 4.69) is 4.98 Å². The number of carbonyl (C=O) groups is 2. The largest absolute Gasteiger partial charge is 0.461 e. The molecule has 8 nitrogen and oxygen atoms in total. The number of hydrogen-bond acceptors (Lipinski definition) is 7. The highest BCUT2D eigenvalue weighted by Gasteiger charge is 2.32. The van der Waals surface area contributed by atoms with Gasteiger partial charge in [0.2, 0.25) is 0 Å². The van der Waals surface area contributed by atoms with E-state index in [0.717, 1.165) is 23.1 Å². The lowest BCUT2D eigenvalue weighted by Crippen LogP contribution is -2.24. The van der Waals surface area contributed by atoms with Crippen molar-refractivity contribution in [3.05, 3.63) is 76.9 Å². The quantitative estimate of drug-likeness (QED) is 0.209. The van der Waals surface area contributed by atoms with Crippen molar-refractivity contribution in [2.75, 3.05) is 13.2 Å². The minimum atomic E-state index is -1.36. The molecule has 0 aliphatic heterocycles. The van der Waals surface area contributed by atoms with Gasteiger partial charge in [-0.25, -0.2) is 14.6 Å². The van der Waals surface area contributed by atoms with Crippen molar-refractivity contribution in [2.24, 2.45) is 0 Å². The van der Waals surface area contributed by atoms with Crippen molar-refractivity contribution in [1.29, 1.82) is 0 Å². The van der Waals surface area contributed by atoms with Gasteiger partial charge >= 0.3 is 11.9 Å². The molecule has 0 aliphatic rings. The molecular formula is C32H42N2O6.